The number of nitrogens with zero attached hydrogens (tertiary/aromatic N) is 2. The van der Waals surface area contributed by atoms with Gasteiger partial charge in [0.15, 0.2) is 0 Å². The zero-order valence-electron chi connectivity index (χ0n) is 20.2. The number of carbonyl (C=O) groups is 2. The Morgan fingerprint density at radius 3 is 2.19 bits per heavy atom. The van der Waals surface area contributed by atoms with Gasteiger partial charge in [-0.15, -0.1) is 0 Å². The monoisotopic (exact) mass is 665 g/mol. The number of hydrogen-bond acceptors (Lipinski definition) is 4. The molecule has 2 aromatic carbocycles. The second-order valence-corrected chi connectivity index (χ2v) is 12.8. The third-order valence-corrected chi connectivity index (χ3v) is 8.84. The highest BCUT2D eigenvalue weighted by molar-refractivity contribution is 14.1. The quantitative estimate of drug-likeness (QED) is 0.352. The number of nitrogens with one attached hydrogen (secondary N) is 1. The minimum absolute atomic E-state index is 0.0295. The summed E-state index contributed by atoms with van der Waals surface area (Å²) in [6.07, 6.45) is 5.31. The molecule has 0 unspecified atom stereocenters. The van der Waals surface area contributed by atoms with E-state index in [1.54, 1.807) is 42.5 Å². The largest absolute Gasteiger partial charge is 0.352 e. The van der Waals surface area contributed by atoms with E-state index < -0.39 is 28.5 Å². The fourth-order valence-corrected chi connectivity index (χ4v) is 6.09. The van der Waals surface area contributed by atoms with Gasteiger partial charge < -0.3 is 10.2 Å². The summed E-state index contributed by atoms with van der Waals surface area (Å²) in [6, 6.07) is 11.1. The standard InChI is InChI=1S/C25H30Cl2IN3O4S/c1-3-23(25(33)29-18-7-4-5-8-18)30(15-20-21(26)9-6-10-22(20)27)24(32)16-31(36(2,34)35)19-13-11-17(28)12-14-19/h6,9-14,18,23H,3-5,7-8,15-16H2,1-2H3,(H,29,33)/t23-/m1/s1. The van der Waals surface area contributed by atoms with Gasteiger partial charge in [-0.2, -0.15) is 0 Å². The van der Waals surface area contributed by atoms with Gasteiger partial charge in [-0.05, 0) is 78.3 Å². The van der Waals surface area contributed by atoms with Crippen LogP contribution in [0.5, 0.6) is 0 Å². The Hall–Kier alpha value is -1.56. The number of benzene rings is 2. The van der Waals surface area contributed by atoms with Crippen molar-refractivity contribution < 1.29 is 18.0 Å². The maximum absolute atomic E-state index is 13.8. The van der Waals surface area contributed by atoms with Crippen LogP contribution in [0.25, 0.3) is 0 Å². The number of carbonyl (C=O) groups excluding carboxylic acids is 2. The van der Waals surface area contributed by atoms with E-state index in [-0.39, 0.29) is 18.5 Å². The molecule has 0 heterocycles. The zero-order valence-corrected chi connectivity index (χ0v) is 24.7. The van der Waals surface area contributed by atoms with Crippen molar-refractivity contribution in [3.8, 4) is 0 Å². The Bertz CT molecular complexity index is 1170. The van der Waals surface area contributed by atoms with Crippen LogP contribution >= 0.6 is 45.8 Å². The number of sulfonamides is 1. The maximum atomic E-state index is 13.8. The Morgan fingerprint density at radius 1 is 1.08 bits per heavy atom. The summed E-state index contributed by atoms with van der Waals surface area (Å²) in [5.74, 6) is -0.788. The van der Waals surface area contributed by atoms with Gasteiger partial charge in [0.2, 0.25) is 21.8 Å². The molecule has 0 aliphatic heterocycles. The molecule has 0 radical (unpaired) electrons. The molecule has 3 rings (SSSR count). The number of amides is 2. The van der Waals surface area contributed by atoms with Gasteiger partial charge in [-0.25, -0.2) is 8.42 Å². The lowest BCUT2D eigenvalue weighted by atomic mass is 10.1. The van der Waals surface area contributed by atoms with Crippen LogP contribution in [-0.4, -0.2) is 50.0 Å². The first kappa shape index (κ1) is 29.0. The first-order valence-corrected chi connectivity index (χ1v) is 15.5. The number of hydrogen-bond donors (Lipinski definition) is 1. The van der Waals surface area contributed by atoms with Crippen LogP contribution in [0.15, 0.2) is 42.5 Å². The molecule has 36 heavy (non-hydrogen) atoms. The van der Waals surface area contributed by atoms with E-state index in [0.717, 1.165) is 39.8 Å². The molecular weight excluding hydrogens is 636 g/mol. The number of anilines is 1. The first-order valence-electron chi connectivity index (χ1n) is 11.8. The second-order valence-electron chi connectivity index (χ2n) is 8.88. The molecule has 7 nitrogen and oxygen atoms in total. The van der Waals surface area contributed by atoms with Gasteiger partial charge in [-0.3, -0.25) is 13.9 Å². The van der Waals surface area contributed by atoms with Crippen LogP contribution in [0.3, 0.4) is 0 Å². The van der Waals surface area contributed by atoms with Crippen LogP contribution in [-0.2, 0) is 26.2 Å². The van der Waals surface area contributed by atoms with Crippen molar-refractivity contribution >= 4 is 73.3 Å². The molecule has 0 bridgehead atoms. The summed E-state index contributed by atoms with van der Waals surface area (Å²) >= 11 is 14.9. The predicted octanol–water partition coefficient (Wildman–Crippen LogP) is 5.23. The van der Waals surface area contributed by atoms with Crippen molar-refractivity contribution in [2.75, 3.05) is 17.1 Å². The fourth-order valence-electron chi connectivity index (χ4n) is 4.36. The lowest BCUT2D eigenvalue weighted by Crippen LogP contribution is -2.53. The molecule has 1 fully saturated rings. The minimum Gasteiger partial charge on any atom is -0.352 e. The van der Waals surface area contributed by atoms with Crippen molar-refractivity contribution in [3.63, 3.8) is 0 Å². The molecule has 196 valence electrons. The topological polar surface area (TPSA) is 86.8 Å². The normalized spacial score (nSPS) is 14.9. The Morgan fingerprint density at radius 2 is 1.67 bits per heavy atom. The van der Waals surface area contributed by atoms with E-state index in [1.165, 1.54) is 4.90 Å². The second kappa shape index (κ2) is 12.8. The fraction of sp³-hybridized carbons (Fsp3) is 0.440. The average Bonchev–Trinajstić information content (AvgIpc) is 3.32. The van der Waals surface area contributed by atoms with E-state index in [9.17, 15) is 18.0 Å². The SMILES string of the molecule is CC[C@H](C(=O)NC1CCCC1)N(Cc1c(Cl)cccc1Cl)C(=O)CN(c1ccc(I)cc1)S(C)(=O)=O. The smallest absolute Gasteiger partial charge is 0.244 e. The van der Waals surface area contributed by atoms with Gasteiger partial charge in [0.25, 0.3) is 0 Å². The third-order valence-electron chi connectivity index (χ3n) is 6.27. The van der Waals surface area contributed by atoms with Crippen LogP contribution in [0.4, 0.5) is 5.69 Å². The number of halogens is 3. The van der Waals surface area contributed by atoms with Gasteiger partial charge in [-0.1, -0.05) is 49.0 Å². The highest BCUT2D eigenvalue weighted by Gasteiger charge is 2.33. The Kier molecular flexibility index (Phi) is 10.3. The third kappa shape index (κ3) is 7.49. The molecule has 1 aliphatic carbocycles. The van der Waals surface area contributed by atoms with E-state index in [2.05, 4.69) is 27.9 Å². The van der Waals surface area contributed by atoms with Crippen molar-refractivity contribution in [2.45, 2.75) is 57.7 Å². The molecule has 2 amide bonds. The molecule has 1 atom stereocenters. The van der Waals surface area contributed by atoms with Crippen LogP contribution in [0, 0.1) is 3.57 Å². The predicted molar refractivity (Wildman–Crippen MR) is 153 cm³/mol. The summed E-state index contributed by atoms with van der Waals surface area (Å²) in [6.45, 7) is 1.33. The first-order chi connectivity index (χ1) is 17.0. The summed E-state index contributed by atoms with van der Waals surface area (Å²) in [4.78, 5) is 28.5. The van der Waals surface area contributed by atoms with Crippen LogP contribution < -0.4 is 9.62 Å². The summed E-state index contributed by atoms with van der Waals surface area (Å²) < 4.78 is 27.3. The molecule has 0 aromatic heterocycles. The Labute approximate surface area is 236 Å². The van der Waals surface area contributed by atoms with E-state index in [1.807, 2.05) is 6.92 Å². The van der Waals surface area contributed by atoms with Gasteiger partial charge >= 0.3 is 0 Å². The lowest BCUT2D eigenvalue weighted by Gasteiger charge is -2.33. The summed E-state index contributed by atoms with van der Waals surface area (Å²) in [5.41, 5.74) is 0.868. The van der Waals surface area contributed by atoms with Gasteiger partial charge in [0.1, 0.15) is 12.6 Å². The minimum atomic E-state index is -3.79. The Balaban J connectivity index is 1.96. The van der Waals surface area contributed by atoms with Crippen LogP contribution in [0.1, 0.15) is 44.6 Å². The van der Waals surface area contributed by atoms with Crippen molar-refractivity contribution in [2.24, 2.45) is 0 Å². The molecular formula is C25H30Cl2IN3O4S. The maximum Gasteiger partial charge on any atom is 0.244 e. The molecule has 11 heteroatoms. The van der Waals surface area contributed by atoms with Gasteiger partial charge in [0, 0.05) is 31.8 Å². The van der Waals surface area contributed by atoms with Crippen molar-refractivity contribution in [1.29, 1.82) is 0 Å². The summed E-state index contributed by atoms with van der Waals surface area (Å²) in [5, 5.41) is 3.80. The highest BCUT2D eigenvalue weighted by Crippen LogP contribution is 2.28. The van der Waals surface area contributed by atoms with Crippen molar-refractivity contribution in [3.05, 3.63) is 61.6 Å². The van der Waals surface area contributed by atoms with E-state index in [4.69, 9.17) is 23.2 Å². The molecule has 1 N–H and O–H groups in total. The van der Waals surface area contributed by atoms with E-state index in [0.29, 0.717) is 27.7 Å². The molecule has 0 spiro atoms. The zero-order chi connectivity index (χ0) is 26.5. The molecule has 2 aromatic rings. The van der Waals surface area contributed by atoms with Gasteiger partial charge in [0.05, 0.1) is 11.9 Å². The average molecular weight is 666 g/mol. The molecule has 0 saturated heterocycles. The summed E-state index contributed by atoms with van der Waals surface area (Å²) in [7, 11) is -3.79. The van der Waals surface area contributed by atoms with E-state index >= 15 is 0 Å². The highest BCUT2D eigenvalue weighted by atomic mass is 127. The molecule has 1 aliphatic rings. The lowest BCUT2D eigenvalue weighted by molar-refractivity contribution is -0.140. The van der Waals surface area contributed by atoms with Crippen molar-refractivity contribution in [1.82, 2.24) is 10.2 Å². The van der Waals surface area contributed by atoms with Crippen LogP contribution in [0.2, 0.25) is 10.0 Å². The number of rotatable bonds is 10. The molecule has 1 saturated carbocycles.